The largest absolute Gasteiger partial charge is 0.377 e. The van der Waals surface area contributed by atoms with E-state index >= 15 is 0 Å². The molecule has 1 heteroatoms. The maximum Gasteiger partial charge on any atom is 0.0716 e. The van der Waals surface area contributed by atoms with Crippen molar-refractivity contribution in [2.24, 2.45) is 5.92 Å². The van der Waals surface area contributed by atoms with E-state index in [1.165, 1.54) is 56.1 Å². The van der Waals surface area contributed by atoms with E-state index in [9.17, 15) is 0 Å². The van der Waals surface area contributed by atoms with Gasteiger partial charge in [0, 0.05) is 6.61 Å². The molecule has 1 saturated carbocycles. The van der Waals surface area contributed by atoms with Crippen LogP contribution >= 0.6 is 0 Å². The normalized spacial score (nSPS) is 21.8. The maximum absolute atomic E-state index is 5.70. The third-order valence-corrected chi connectivity index (χ3v) is 5.08. The number of hydrogen-bond acceptors (Lipinski definition) is 1. The summed E-state index contributed by atoms with van der Waals surface area (Å²) in [6.45, 7) is 6.06. The van der Waals surface area contributed by atoms with Crippen LogP contribution in [-0.2, 0) is 11.3 Å². The molecular weight excluding hydrogens is 280 g/mol. The number of allylic oxidation sites excluding steroid dienone is 2. The van der Waals surface area contributed by atoms with Crippen molar-refractivity contribution in [1.29, 1.82) is 0 Å². The zero-order valence-electron chi connectivity index (χ0n) is 15.1. The smallest absolute Gasteiger partial charge is 0.0716 e. The van der Waals surface area contributed by atoms with Gasteiger partial charge in [0.15, 0.2) is 0 Å². The summed E-state index contributed by atoms with van der Waals surface area (Å²) in [6, 6.07) is 9.19. The molecule has 0 spiro atoms. The molecular formula is C22H34O. The third kappa shape index (κ3) is 6.51. The van der Waals surface area contributed by atoms with E-state index in [-0.39, 0.29) is 0 Å². The fourth-order valence-electron chi connectivity index (χ4n) is 3.51. The van der Waals surface area contributed by atoms with Crippen molar-refractivity contribution in [1.82, 2.24) is 0 Å². The molecule has 0 aliphatic heterocycles. The van der Waals surface area contributed by atoms with E-state index in [2.05, 4.69) is 50.3 Å². The Morgan fingerprint density at radius 1 is 1.00 bits per heavy atom. The molecule has 0 unspecified atom stereocenters. The molecule has 0 bridgehead atoms. The quantitative estimate of drug-likeness (QED) is 0.367. The van der Waals surface area contributed by atoms with Gasteiger partial charge in [-0.25, -0.2) is 0 Å². The summed E-state index contributed by atoms with van der Waals surface area (Å²) in [5.74, 6) is 1.69. The van der Waals surface area contributed by atoms with Gasteiger partial charge in [0.05, 0.1) is 6.61 Å². The number of rotatable bonds is 9. The van der Waals surface area contributed by atoms with Crippen molar-refractivity contribution in [3.63, 3.8) is 0 Å². The van der Waals surface area contributed by atoms with Crippen molar-refractivity contribution in [2.75, 3.05) is 6.61 Å². The number of hydrogen-bond donors (Lipinski definition) is 0. The van der Waals surface area contributed by atoms with E-state index < -0.39 is 0 Å². The van der Waals surface area contributed by atoms with Crippen LogP contribution in [0.5, 0.6) is 0 Å². The van der Waals surface area contributed by atoms with E-state index in [1.54, 1.807) is 0 Å². The molecule has 0 N–H and O–H groups in total. The Labute approximate surface area is 143 Å². The molecule has 1 aromatic carbocycles. The molecule has 0 radical (unpaired) electrons. The lowest BCUT2D eigenvalue weighted by Gasteiger charge is -2.28. The second-order valence-corrected chi connectivity index (χ2v) is 6.98. The first-order valence-corrected chi connectivity index (χ1v) is 9.65. The molecule has 23 heavy (non-hydrogen) atoms. The number of ether oxygens (including phenoxy) is 1. The Kier molecular flexibility index (Phi) is 8.46. The van der Waals surface area contributed by atoms with Gasteiger partial charge in [-0.1, -0.05) is 56.7 Å². The van der Waals surface area contributed by atoms with E-state index in [1.807, 2.05) is 0 Å². The van der Waals surface area contributed by atoms with Crippen molar-refractivity contribution in [3.8, 4) is 0 Å². The Morgan fingerprint density at radius 3 is 2.39 bits per heavy atom. The first kappa shape index (κ1) is 18.3. The lowest BCUT2D eigenvalue weighted by molar-refractivity contribution is 0.118. The summed E-state index contributed by atoms with van der Waals surface area (Å²) in [5, 5.41) is 0. The Morgan fingerprint density at radius 2 is 1.74 bits per heavy atom. The predicted molar refractivity (Wildman–Crippen MR) is 99.8 cm³/mol. The molecule has 1 fully saturated rings. The van der Waals surface area contributed by atoms with Gasteiger partial charge in [0.2, 0.25) is 0 Å². The van der Waals surface area contributed by atoms with Gasteiger partial charge in [-0.05, 0) is 67.9 Å². The summed E-state index contributed by atoms with van der Waals surface area (Å²) in [4.78, 5) is 0. The zero-order valence-corrected chi connectivity index (χ0v) is 15.1. The highest BCUT2D eigenvalue weighted by Crippen LogP contribution is 2.37. The second kappa shape index (κ2) is 10.6. The van der Waals surface area contributed by atoms with Crippen molar-refractivity contribution < 1.29 is 4.74 Å². The van der Waals surface area contributed by atoms with Crippen molar-refractivity contribution >= 4 is 0 Å². The average molecular weight is 315 g/mol. The molecule has 1 aromatic rings. The predicted octanol–water partition coefficient (Wildman–Crippen LogP) is 6.63. The summed E-state index contributed by atoms with van der Waals surface area (Å²) in [7, 11) is 0. The molecule has 0 atom stereocenters. The third-order valence-electron chi connectivity index (χ3n) is 5.08. The first-order valence-electron chi connectivity index (χ1n) is 9.65. The first-order chi connectivity index (χ1) is 11.3. The zero-order chi connectivity index (χ0) is 16.3. The van der Waals surface area contributed by atoms with Gasteiger partial charge in [-0.3, -0.25) is 0 Å². The van der Waals surface area contributed by atoms with Gasteiger partial charge in [-0.15, -0.1) is 0 Å². The minimum atomic E-state index is 0.761. The second-order valence-electron chi connectivity index (χ2n) is 6.98. The van der Waals surface area contributed by atoms with Crippen LogP contribution in [0.15, 0.2) is 36.4 Å². The molecule has 1 nitrogen and oxygen atoms in total. The Hall–Kier alpha value is -1.08. The molecule has 1 aliphatic carbocycles. The minimum absolute atomic E-state index is 0.761. The van der Waals surface area contributed by atoms with Crippen LogP contribution in [0.25, 0.3) is 0 Å². The summed E-state index contributed by atoms with van der Waals surface area (Å²) in [6.07, 6.45) is 15.0. The number of unbranched alkanes of at least 4 members (excludes halogenated alkanes) is 1. The van der Waals surface area contributed by atoms with Gasteiger partial charge in [0.25, 0.3) is 0 Å². The maximum atomic E-state index is 5.70. The monoisotopic (exact) mass is 314 g/mol. The van der Waals surface area contributed by atoms with Crippen LogP contribution in [0.2, 0.25) is 0 Å². The van der Waals surface area contributed by atoms with Crippen LogP contribution in [-0.4, -0.2) is 6.61 Å². The molecule has 0 amide bonds. The van der Waals surface area contributed by atoms with Crippen LogP contribution in [0.3, 0.4) is 0 Å². The fraction of sp³-hybridized carbons (Fsp3) is 0.636. The lowest BCUT2D eigenvalue weighted by atomic mass is 9.77. The van der Waals surface area contributed by atoms with Gasteiger partial charge in [-0.2, -0.15) is 0 Å². The van der Waals surface area contributed by atoms with Gasteiger partial charge < -0.3 is 4.74 Å². The summed E-state index contributed by atoms with van der Waals surface area (Å²) < 4.78 is 5.70. The summed E-state index contributed by atoms with van der Waals surface area (Å²) in [5.41, 5.74) is 2.84. The van der Waals surface area contributed by atoms with Crippen LogP contribution in [0.4, 0.5) is 0 Å². The van der Waals surface area contributed by atoms with Crippen LogP contribution in [0.1, 0.15) is 82.3 Å². The van der Waals surface area contributed by atoms with E-state index in [0.29, 0.717) is 0 Å². The molecule has 128 valence electrons. The number of benzene rings is 1. The standard InChI is InChI=1S/C22H34O/c1-3-5-7-8-19-9-13-21(14-10-19)22-15-11-20(12-16-22)18-23-17-6-4-2/h5,7,11-12,15-16,19,21H,3-4,6,8-10,13-14,17-18H2,1-2H3/b7-5+. The highest BCUT2D eigenvalue weighted by Gasteiger charge is 2.21. The molecule has 0 saturated heterocycles. The summed E-state index contributed by atoms with van der Waals surface area (Å²) >= 11 is 0. The Balaban J connectivity index is 1.74. The lowest BCUT2D eigenvalue weighted by Crippen LogP contribution is -2.12. The molecule has 0 aromatic heterocycles. The van der Waals surface area contributed by atoms with Gasteiger partial charge in [0.1, 0.15) is 0 Å². The van der Waals surface area contributed by atoms with Crippen molar-refractivity contribution in [3.05, 3.63) is 47.5 Å². The van der Waals surface area contributed by atoms with E-state index in [4.69, 9.17) is 4.74 Å². The van der Waals surface area contributed by atoms with E-state index in [0.717, 1.165) is 31.5 Å². The van der Waals surface area contributed by atoms with Gasteiger partial charge >= 0.3 is 0 Å². The SMILES string of the molecule is CC/C=C/CC1CCC(c2ccc(COCCCC)cc2)CC1. The topological polar surface area (TPSA) is 9.23 Å². The van der Waals surface area contributed by atoms with Crippen LogP contribution < -0.4 is 0 Å². The molecule has 2 rings (SSSR count). The van der Waals surface area contributed by atoms with Crippen molar-refractivity contribution in [2.45, 2.75) is 77.7 Å². The minimum Gasteiger partial charge on any atom is -0.377 e. The molecule has 1 aliphatic rings. The highest BCUT2D eigenvalue weighted by molar-refractivity contribution is 5.25. The average Bonchev–Trinajstić information content (AvgIpc) is 2.60. The highest BCUT2D eigenvalue weighted by atomic mass is 16.5. The Bertz CT molecular complexity index is 438. The molecule has 0 heterocycles. The van der Waals surface area contributed by atoms with Crippen LogP contribution in [0, 0.1) is 5.92 Å². The fourth-order valence-corrected chi connectivity index (χ4v) is 3.51.